The first-order valence-corrected chi connectivity index (χ1v) is 9.81. The Kier molecular flexibility index (Phi) is 6.57. The number of methoxy groups -OCH3 is 1. The molecular weight excluding hydrogens is 376 g/mol. The normalized spacial score (nSPS) is 15.2. The highest BCUT2D eigenvalue weighted by Crippen LogP contribution is 2.29. The van der Waals surface area contributed by atoms with Gasteiger partial charge >= 0.3 is 0 Å². The second-order valence-corrected chi connectivity index (χ2v) is 7.44. The molecule has 1 fully saturated rings. The largest absolute Gasteiger partial charge is 0.496 e. The molecule has 0 bridgehead atoms. The Labute approximate surface area is 170 Å². The van der Waals surface area contributed by atoms with E-state index in [9.17, 15) is 9.59 Å². The number of rotatable bonds is 6. The number of carbonyl (C=O) groups excluding carboxylic acids is 2. The van der Waals surface area contributed by atoms with Gasteiger partial charge in [0.15, 0.2) is 0 Å². The Morgan fingerprint density at radius 1 is 1.21 bits per heavy atom. The minimum atomic E-state index is -0.621. The molecular formula is C22H25ClN2O3. The van der Waals surface area contributed by atoms with Crippen LogP contribution in [0.2, 0.25) is 5.02 Å². The van der Waals surface area contributed by atoms with E-state index in [1.807, 2.05) is 30.3 Å². The minimum Gasteiger partial charge on any atom is -0.496 e. The van der Waals surface area contributed by atoms with Crippen molar-refractivity contribution in [2.24, 2.45) is 0 Å². The molecule has 0 N–H and O–H groups in total. The van der Waals surface area contributed by atoms with Gasteiger partial charge in [0, 0.05) is 37.1 Å². The molecule has 0 aliphatic carbocycles. The van der Waals surface area contributed by atoms with E-state index < -0.39 is 6.04 Å². The number of carbonyl (C=O) groups is 2. The predicted molar refractivity (Wildman–Crippen MR) is 109 cm³/mol. The predicted octanol–water partition coefficient (Wildman–Crippen LogP) is 4.06. The Balaban J connectivity index is 1.88. The molecule has 0 aromatic heterocycles. The first-order chi connectivity index (χ1) is 13.5. The van der Waals surface area contributed by atoms with Crippen molar-refractivity contribution < 1.29 is 14.3 Å². The first kappa shape index (κ1) is 20.2. The van der Waals surface area contributed by atoms with E-state index in [-0.39, 0.29) is 11.8 Å². The maximum absolute atomic E-state index is 13.4. The summed E-state index contributed by atoms with van der Waals surface area (Å²) in [7, 11) is 3.33. The third kappa shape index (κ3) is 4.47. The number of piperidine rings is 1. The molecule has 2 aromatic rings. The zero-order valence-corrected chi connectivity index (χ0v) is 17.0. The monoisotopic (exact) mass is 400 g/mol. The Morgan fingerprint density at radius 3 is 2.64 bits per heavy atom. The molecule has 5 nitrogen and oxygen atoms in total. The molecule has 1 aliphatic rings. The van der Waals surface area contributed by atoms with Crippen molar-refractivity contribution in [3.63, 3.8) is 0 Å². The molecule has 2 aromatic carbocycles. The smallest absolute Gasteiger partial charge is 0.250 e. The van der Waals surface area contributed by atoms with Crippen molar-refractivity contribution in [2.75, 3.05) is 20.7 Å². The third-order valence-corrected chi connectivity index (χ3v) is 5.28. The molecule has 28 heavy (non-hydrogen) atoms. The molecule has 2 amide bonds. The number of hydrogen-bond donors (Lipinski definition) is 0. The SMILES string of the molecule is COc1ccc(Cl)cc1CN(C)C(=O)C(c1ccccc1)N1CCCCC1=O. The van der Waals surface area contributed by atoms with Crippen LogP contribution in [0.5, 0.6) is 5.75 Å². The maximum atomic E-state index is 13.4. The summed E-state index contributed by atoms with van der Waals surface area (Å²) in [5.41, 5.74) is 1.65. The van der Waals surface area contributed by atoms with Gasteiger partial charge < -0.3 is 14.5 Å². The lowest BCUT2D eigenvalue weighted by Gasteiger charge is -2.36. The summed E-state index contributed by atoms with van der Waals surface area (Å²) in [5.74, 6) is 0.583. The zero-order valence-electron chi connectivity index (χ0n) is 16.2. The average molecular weight is 401 g/mol. The Bertz CT molecular complexity index is 841. The van der Waals surface area contributed by atoms with Gasteiger partial charge in [0.05, 0.1) is 7.11 Å². The minimum absolute atomic E-state index is 0.0298. The van der Waals surface area contributed by atoms with E-state index in [4.69, 9.17) is 16.3 Å². The van der Waals surface area contributed by atoms with Crippen molar-refractivity contribution >= 4 is 23.4 Å². The van der Waals surface area contributed by atoms with Crippen LogP contribution in [0.1, 0.15) is 36.4 Å². The average Bonchev–Trinajstić information content (AvgIpc) is 2.70. The Hall–Kier alpha value is -2.53. The van der Waals surface area contributed by atoms with Gasteiger partial charge in [-0.05, 0) is 36.6 Å². The van der Waals surface area contributed by atoms with E-state index in [0.717, 1.165) is 24.0 Å². The zero-order chi connectivity index (χ0) is 20.1. The van der Waals surface area contributed by atoms with E-state index >= 15 is 0 Å². The lowest BCUT2D eigenvalue weighted by atomic mass is 10.00. The molecule has 0 spiro atoms. The number of hydrogen-bond acceptors (Lipinski definition) is 3. The van der Waals surface area contributed by atoms with Crippen LogP contribution < -0.4 is 4.74 Å². The van der Waals surface area contributed by atoms with Gasteiger partial charge in [-0.3, -0.25) is 9.59 Å². The fourth-order valence-electron chi connectivity index (χ4n) is 3.60. The van der Waals surface area contributed by atoms with Crippen molar-refractivity contribution in [3.05, 3.63) is 64.7 Å². The summed E-state index contributed by atoms with van der Waals surface area (Å²) in [6.45, 7) is 0.937. The topological polar surface area (TPSA) is 49.9 Å². The van der Waals surface area contributed by atoms with Crippen LogP contribution >= 0.6 is 11.6 Å². The maximum Gasteiger partial charge on any atom is 0.250 e. The van der Waals surface area contributed by atoms with Crippen molar-refractivity contribution in [1.29, 1.82) is 0 Å². The molecule has 3 rings (SSSR count). The highest BCUT2D eigenvalue weighted by Gasteiger charge is 2.34. The van der Waals surface area contributed by atoms with Gasteiger partial charge in [0.1, 0.15) is 11.8 Å². The number of nitrogens with zero attached hydrogens (tertiary/aromatic N) is 2. The van der Waals surface area contributed by atoms with Crippen LogP contribution in [0, 0.1) is 0 Å². The van der Waals surface area contributed by atoms with Gasteiger partial charge in [-0.2, -0.15) is 0 Å². The van der Waals surface area contributed by atoms with Crippen LogP contribution in [-0.4, -0.2) is 42.3 Å². The van der Waals surface area contributed by atoms with Gasteiger partial charge in [-0.15, -0.1) is 0 Å². The Morgan fingerprint density at radius 2 is 1.96 bits per heavy atom. The lowest BCUT2D eigenvalue weighted by molar-refractivity contribution is -0.147. The van der Waals surface area contributed by atoms with E-state index in [1.54, 1.807) is 42.2 Å². The number of amides is 2. The van der Waals surface area contributed by atoms with Gasteiger partial charge in [0.2, 0.25) is 11.8 Å². The van der Waals surface area contributed by atoms with Crippen LogP contribution in [0.15, 0.2) is 48.5 Å². The molecule has 1 atom stereocenters. The molecule has 6 heteroatoms. The van der Waals surface area contributed by atoms with Crippen LogP contribution in [0.3, 0.4) is 0 Å². The number of ether oxygens (including phenoxy) is 1. The summed E-state index contributed by atoms with van der Waals surface area (Å²) in [5, 5.41) is 0.586. The summed E-state index contributed by atoms with van der Waals surface area (Å²) in [4.78, 5) is 29.3. The second-order valence-electron chi connectivity index (χ2n) is 7.01. The number of likely N-dealkylation sites (tertiary alicyclic amines) is 1. The number of benzene rings is 2. The second kappa shape index (κ2) is 9.11. The van der Waals surface area contributed by atoms with Crippen molar-refractivity contribution in [1.82, 2.24) is 9.80 Å². The molecule has 1 heterocycles. The molecule has 1 unspecified atom stereocenters. The van der Waals surface area contributed by atoms with E-state index in [1.165, 1.54) is 0 Å². The van der Waals surface area contributed by atoms with Crippen LogP contribution in [-0.2, 0) is 16.1 Å². The molecule has 0 saturated carbocycles. The third-order valence-electron chi connectivity index (χ3n) is 5.05. The molecule has 148 valence electrons. The molecule has 1 aliphatic heterocycles. The van der Waals surface area contributed by atoms with Crippen LogP contribution in [0.25, 0.3) is 0 Å². The quantitative estimate of drug-likeness (QED) is 0.734. The summed E-state index contributed by atoms with van der Waals surface area (Å²) >= 11 is 6.12. The van der Waals surface area contributed by atoms with E-state index in [0.29, 0.717) is 30.3 Å². The number of likely N-dealkylation sites (N-methyl/N-ethyl adjacent to an activating group) is 1. The van der Waals surface area contributed by atoms with Crippen molar-refractivity contribution in [3.8, 4) is 5.75 Å². The number of halogens is 1. The summed E-state index contributed by atoms with van der Waals surface area (Å²) < 4.78 is 5.40. The van der Waals surface area contributed by atoms with Crippen LogP contribution in [0.4, 0.5) is 0 Å². The fraction of sp³-hybridized carbons (Fsp3) is 0.364. The van der Waals surface area contributed by atoms with Crippen molar-refractivity contribution in [2.45, 2.75) is 31.8 Å². The van der Waals surface area contributed by atoms with Gasteiger partial charge in [-0.25, -0.2) is 0 Å². The van der Waals surface area contributed by atoms with Gasteiger partial charge in [-0.1, -0.05) is 41.9 Å². The summed E-state index contributed by atoms with van der Waals surface area (Å²) in [6, 6.07) is 14.2. The lowest BCUT2D eigenvalue weighted by Crippen LogP contribution is -2.46. The van der Waals surface area contributed by atoms with E-state index in [2.05, 4.69) is 0 Å². The first-order valence-electron chi connectivity index (χ1n) is 9.43. The van der Waals surface area contributed by atoms with Gasteiger partial charge in [0.25, 0.3) is 0 Å². The molecule has 0 radical (unpaired) electrons. The highest BCUT2D eigenvalue weighted by atomic mass is 35.5. The highest BCUT2D eigenvalue weighted by molar-refractivity contribution is 6.30. The summed E-state index contributed by atoms with van der Waals surface area (Å²) in [6.07, 6.45) is 2.28. The standard InChI is InChI=1S/C22H25ClN2O3/c1-24(15-17-14-18(23)11-12-19(17)28-2)22(27)21(16-8-4-3-5-9-16)25-13-7-6-10-20(25)26/h3-5,8-9,11-12,14,21H,6-7,10,13,15H2,1-2H3. The molecule has 1 saturated heterocycles. The fourth-order valence-corrected chi connectivity index (χ4v) is 3.80.